The molecule has 0 spiro atoms. The Morgan fingerprint density at radius 3 is 2.28 bits per heavy atom. The van der Waals surface area contributed by atoms with Gasteiger partial charge in [-0.3, -0.25) is 4.79 Å². The quantitative estimate of drug-likeness (QED) is 0.467. The van der Waals surface area contributed by atoms with Gasteiger partial charge in [0.15, 0.2) is 5.65 Å². The lowest BCUT2D eigenvalue weighted by Crippen LogP contribution is -2.20. The number of fused-ring (bicyclic) bond motifs is 4. The fraction of sp³-hybridized carbons (Fsp3) is 0. The van der Waals surface area contributed by atoms with Crippen LogP contribution in [0.2, 0.25) is 0 Å². The molecule has 0 bridgehead atoms. The molecule has 0 unspecified atom stereocenters. The Labute approximate surface area is 141 Å². The maximum Gasteiger partial charge on any atom is 0.281 e. The normalized spacial score (nSPS) is 11.6. The highest BCUT2D eigenvalue weighted by Gasteiger charge is 2.16. The number of aromatic nitrogens is 3. The van der Waals surface area contributed by atoms with Gasteiger partial charge in [0.25, 0.3) is 5.56 Å². The number of nitrogens with zero attached hydrogens (tertiary/aromatic N) is 3. The van der Waals surface area contributed by atoms with Gasteiger partial charge in [-0.15, -0.1) is 0 Å². The minimum atomic E-state index is -0.319. The second kappa shape index (κ2) is 5.01. The number of hydrogen-bond acceptors (Lipinski definition) is 2. The van der Waals surface area contributed by atoms with Crippen LogP contribution >= 0.6 is 0 Å². The van der Waals surface area contributed by atoms with Gasteiger partial charge in [0, 0.05) is 5.39 Å². The molecule has 3 aromatic carbocycles. The summed E-state index contributed by atoms with van der Waals surface area (Å²) in [5.41, 5.74) is 2.64. The largest absolute Gasteiger partial charge is 0.281 e. The third-order valence-corrected chi connectivity index (χ3v) is 4.40. The van der Waals surface area contributed by atoms with Crippen LogP contribution in [0.15, 0.2) is 77.6 Å². The molecule has 0 atom stereocenters. The zero-order chi connectivity index (χ0) is 17.0. The molecule has 4 nitrogen and oxygen atoms in total. The molecule has 120 valence electrons. The summed E-state index contributed by atoms with van der Waals surface area (Å²) in [6.45, 7) is 0. The van der Waals surface area contributed by atoms with E-state index in [4.69, 9.17) is 4.98 Å². The van der Waals surface area contributed by atoms with E-state index in [-0.39, 0.29) is 11.4 Å². The van der Waals surface area contributed by atoms with Crippen LogP contribution in [0.1, 0.15) is 0 Å². The van der Waals surface area contributed by atoms with Crippen molar-refractivity contribution in [1.82, 2.24) is 14.2 Å². The molecular weight excluding hydrogens is 317 g/mol. The average Bonchev–Trinajstić information content (AvgIpc) is 2.98. The molecule has 0 saturated carbocycles. The first-order valence-corrected chi connectivity index (χ1v) is 7.91. The van der Waals surface area contributed by atoms with E-state index in [0.717, 1.165) is 10.9 Å². The molecule has 0 radical (unpaired) electrons. The van der Waals surface area contributed by atoms with Gasteiger partial charge in [-0.05, 0) is 48.5 Å². The second-order valence-electron chi connectivity index (χ2n) is 5.87. The van der Waals surface area contributed by atoms with Crippen LogP contribution in [-0.4, -0.2) is 14.2 Å². The SMILES string of the molecule is O=c1c2ccccc2nc2c3ccccc3n(-c3ccc(F)cc3)n12. The lowest BCUT2D eigenvalue weighted by atomic mass is 10.2. The van der Waals surface area contributed by atoms with Crippen molar-refractivity contribution in [1.29, 1.82) is 0 Å². The molecule has 2 heterocycles. The fourth-order valence-electron chi connectivity index (χ4n) is 3.28. The topological polar surface area (TPSA) is 39.3 Å². The molecule has 0 aliphatic carbocycles. The van der Waals surface area contributed by atoms with Gasteiger partial charge >= 0.3 is 0 Å². The Balaban J connectivity index is 2.06. The van der Waals surface area contributed by atoms with Crippen molar-refractivity contribution in [2.24, 2.45) is 0 Å². The molecule has 5 heteroatoms. The molecule has 0 amide bonds. The van der Waals surface area contributed by atoms with Gasteiger partial charge in [0.1, 0.15) is 5.82 Å². The standard InChI is InChI=1S/C20H12FN3O/c21-13-9-11-14(12-10-13)23-18-8-4-2-6-16(18)19-22-17-7-3-1-5-15(17)20(25)24(19)23/h1-12H. The molecule has 2 aromatic heterocycles. The first-order chi connectivity index (χ1) is 12.2. The predicted molar refractivity (Wildman–Crippen MR) is 95.8 cm³/mol. The van der Waals surface area contributed by atoms with E-state index >= 15 is 0 Å². The van der Waals surface area contributed by atoms with E-state index in [1.54, 1.807) is 27.4 Å². The predicted octanol–water partition coefficient (Wildman–Crippen LogP) is 3.93. The zero-order valence-corrected chi connectivity index (χ0v) is 13.1. The Hall–Kier alpha value is -3.47. The van der Waals surface area contributed by atoms with Gasteiger partial charge < -0.3 is 0 Å². The smallest absolute Gasteiger partial charge is 0.267 e. The minimum absolute atomic E-state index is 0.152. The molecule has 5 aromatic rings. The molecule has 0 aliphatic heterocycles. The Morgan fingerprint density at radius 1 is 0.800 bits per heavy atom. The Bertz CT molecular complexity index is 1320. The number of benzene rings is 3. The summed E-state index contributed by atoms with van der Waals surface area (Å²) in [4.78, 5) is 17.8. The van der Waals surface area contributed by atoms with Crippen molar-refractivity contribution in [3.63, 3.8) is 0 Å². The van der Waals surface area contributed by atoms with Crippen molar-refractivity contribution in [3.05, 3.63) is 89.0 Å². The third kappa shape index (κ3) is 1.92. The molecule has 0 fully saturated rings. The first kappa shape index (κ1) is 13.9. The third-order valence-electron chi connectivity index (χ3n) is 4.40. The monoisotopic (exact) mass is 329 g/mol. The number of para-hydroxylation sites is 2. The summed E-state index contributed by atoms with van der Waals surface area (Å²) in [5, 5.41) is 1.42. The van der Waals surface area contributed by atoms with E-state index < -0.39 is 0 Å². The molecule has 0 saturated heterocycles. The number of hydrogen-bond donors (Lipinski definition) is 0. The first-order valence-electron chi connectivity index (χ1n) is 7.91. The van der Waals surface area contributed by atoms with Gasteiger partial charge in [-0.2, -0.15) is 4.52 Å². The van der Waals surface area contributed by atoms with Crippen LogP contribution in [0, 0.1) is 5.82 Å². The summed E-state index contributed by atoms with van der Waals surface area (Å²) >= 11 is 0. The van der Waals surface area contributed by atoms with Crippen LogP contribution < -0.4 is 5.56 Å². The average molecular weight is 329 g/mol. The lowest BCUT2D eigenvalue weighted by molar-refractivity contribution is 0.626. The summed E-state index contributed by atoms with van der Waals surface area (Å²) in [6, 6.07) is 21.1. The summed E-state index contributed by atoms with van der Waals surface area (Å²) in [7, 11) is 0. The van der Waals surface area contributed by atoms with Gasteiger partial charge in [0.2, 0.25) is 0 Å². The van der Waals surface area contributed by atoms with E-state index in [0.29, 0.717) is 22.2 Å². The number of rotatable bonds is 1. The van der Waals surface area contributed by atoms with Crippen LogP contribution in [0.25, 0.3) is 33.1 Å². The van der Waals surface area contributed by atoms with E-state index in [2.05, 4.69) is 0 Å². The van der Waals surface area contributed by atoms with Crippen molar-refractivity contribution in [3.8, 4) is 5.69 Å². The van der Waals surface area contributed by atoms with Crippen LogP contribution in [0.3, 0.4) is 0 Å². The number of halogens is 1. The maximum absolute atomic E-state index is 13.4. The summed E-state index contributed by atoms with van der Waals surface area (Å²) in [6.07, 6.45) is 0. The fourth-order valence-corrected chi connectivity index (χ4v) is 3.28. The second-order valence-corrected chi connectivity index (χ2v) is 5.87. The highest BCUT2D eigenvalue weighted by Crippen LogP contribution is 2.25. The van der Waals surface area contributed by atoms with Gasteiger partial charge in [-0.25, -0.2) is 14.1 Å². The summed E-state index contributed by atoms with van der Waals surface area (Å²) < 4.78 is 16.7. The van der Waals surface area contributed by atoms with Crippen molar-refractivity contribution >= 4 is 27.5 Å². The highest BCUT2D eigenvalue weighted by atomic mass is 19.1. The van der Waals surface area contributed by atoms with Crippen molar-refractivity contribution < 1.29 is 4.39 Å². The lowest BCUT2D eigenvalue weighted by Gasteiger charge is -2.08. The van der Waals surface area contributed by atoms with E-state index in [1.807, 2.05) is 42.5 Å². The zero-order valence-electron chi connectivity index (χ0n) is 13.1. The molecular formula is C20H12FN3O. The highest BCUT2D eigenvalue weighted by molar-refractivity contribution is 5.96. The molecule has 0 aliphatic rings. The molecule has 25 heavy (non-hydrogen) atoms. The Morgan fingerprint density at radius 2 is 1.48 bits per heavy atom. The van der Waals surface area contributed by atoms with E-state index in [9.17, 15) is 9.18 Å². The van der Waals surface area contributed by atoms with Crippen LogP contribution in [-0.2, 0) is 0 Å². The van der Waals surface area contributed by atoms with Gasteiger partial charge in [0.05, 0.1) is 22.1 Å². The van der Waals surface area contributed by atoms with Crippen molar-refractivity contribution in [2.75, 3.05) is 0 Å². The van der Waals surface area contributed by atoms with Crippen molar-refractivity contribution in [2.45, 2.75) is 0 Å². The minimum Gasteiger partial charge on any atom is -0.267 e. The molecule has 5 rings (SSSR count). The van der Waals surface area contributed by atoms with Crippen LogP contribution in [0.4, 0.5) is 4.39 Å². The van der Waals surface area contributed by atoms with Gasteiger partial charge in [-0.1, -0.05) is 24.3 Å². The maximum atomic E-state index is 13.4. The Kier molecular flexibility index (Phi) is 2.79. The summed E-state index contributed by atoms with van der Waals surface area (Å²) in [5.74, 6) is -0.319. The van der Waals surface area contributed by atoms with Crippen LogP contribution in [0.5, 0.6) is 0 Å². The molecule has 0 N–H and O–H groups in total. The van der Waals surface area contributed by atoms with E-state index in [1.165, 1.54) is 12.1 Å².